The van der Waals surface area contributed by atoms with Gasteiger partial charge in [-0.05, 0) is 44.8 Å². The Morgan fingerprint density at radius 1 is 0.957 bits per heavy atom. The molecule has 1 aromatic carbocycles. The molecule has 0 amide bonds. The zero-order chi connectivity index (χ0) is 16.4. The molecule has 0 aromatic heterocycles. The number of rotatable bonds is 4. The average molecular weight is 308 g/mol. The van der Waals surface area contributed by atoms with E-state index in [1.807, 2.05) is 24.6 Å². The van der Waals surface area contributed by atoms with Gasteiger partial charge in [-0.25, -0.2) is 0 Å². The second-order valence-electron chi connectivity index (χ2n) is 6.06. The van der Waals surface area contributed by atoms with E-state index in [1.165, 1.54) is 0 Å². The van der Waals surface area contributed by atoms with Gasteiger partial charge < -0.3 is 9.80 Å². The molecule has 0 N–H and O–H groups in total. The van der Waals surface area contributed by atoms with E-state index < -0.39 is 0 Å². The van der Waals surface area contributed by atoms with Crippen molar-refractivity contribution in [3.63, 3.8) is 0 Å². The number of Topliss-reactive ketones (excluding diaryl/α,β-unsaturated/α-hetero) is 2. The highest BCUT2D eigenvalue weighted by Crippen LogP contribution is 2.30. The summed E-state index contributed by atoms with van der Waals surface area (Å²) in [5.74, 6) is -0.341. The van der Waals surface area contributed by atoms with Crippen molar-refractivity contribution in [2.75, 3.05) is 27.2 Å². The number of hydrogen-bond donors (Lipinski definition) is 0. The molecule has 1 aliphatic carbocycles. The number of carbonyl (C=O) groups excluding carboxylic acids is 2. The number of carbonyl (C=O) groups is 2. The van der Waals surface area contributed by atoms with Crippen LogP contribution in [0, 0.1) is 0 Å². The van der Waals surface area contributed by atoms with Crippen molar-refractivity contribution in [3.8, 4) is 0 Å². The highest BCUT2D eigenvalue weighted by Gasteiger charge is 2.34. The first-order valence-corrected chi connectivity index (χ1v) is 7.77. The largest absolute Gasteiger partial charge is 0.354 e. The van der Waals surface area contributed by atoms with Gasteiger partial charge in [0.25, 0.3) is 0 Å². The summed E-state index contributed by atoms with van der Waals surface area (Å²) in [4.78, 5) is 29.2. The quantitative estimate of drug-likeness (QED) is 0.633. The van der Waals surface area contributed by atoms with Crippen molar-refractivity contribution in [2.24, 2.45) is 0 Å². The van der Waals surface area contributed by atoms with E-state index in [1.54, 1.807) is 24.3 Å². The minimum atomic E-state index is -0.170. The Bertz CT molecular complexity index is 688. The monoisotopic (exact) mass is 308 g/mol. The summed E-state index contributed by atoms with van der Waals surface area (Å²) in [6.45, 7) is 1.94. The Balaban J connectivity index is 1.77. The van der Waals surface area contributed by atoms with Crippen molar-refractivity contribution in [2.45, 2.75) is 6.42 Å². The molecule has 4 nitrogen and oxygen atoms in total. The van der Waals surface area contributed by atoms with Gasteiger partial charge in [0, 0.05) is 30.1 Å². The number of benzene rings is 1. The number of ketones is 2. The molecule has 0 spiro atoms. The molecule has 1 heterocycles. The molecule has 23 heavy (non-hydrogen) atoms. The molecule has 0 fully saturated rings. The highest BCUT2D eigenvalue weighted by molar-refractivity contribution is 6.40. The Morgan fingerprint density at radius 3 is 2.04 bits per heavy atom. The predicted molar refractivity (Wildman–Crippen MR) is 90.3 cm³/mol. The number of nitrogens with zero attached hydrogens (tertiary/aromatic N) is 2. The zero-order valence-electron chi connectivity index (χ0n) is 13.5. The second-order valence-corrected chi connectivity index (χ2v) is 6.06. The predicted octanol–water partition coefficient (Wildman–Crippen LogP) is 2.66. The van der Waals surface area contributed by atoms with Crippen molar-refractivity contribution in [1.82, 2.24) is 9.80 Å². The fourth-order valence-electron chi connectivity index (χ4n) is 2.86. The van der Waals surface area contributed by atoms with Gasteiger partial charge in [-0.3, -0.25) is 9.59 Å². The van der Waals surface area contributed by atoms with E-state index in [0.717, 1.165) is 19.5 Å². The summed E-state index contributed by atoms with van der Waals surface area (Å²) in [7, 11) is 4.11. The Kier molecular flexibility index (Phi) is 4.26. The van der Waals surface area contributed by atoms with Gasteiger partial charge in [0.15, 0.2) is 11.6 Å². The van der Waals surface area contributed by atoms with Gasteiger partial charge in [-0.1, -0.05) is 24.3 Å². The molecule has 4 heteroatoms. The standard InChI is InChI=1S/C19H20N2O2/c1-20(2)10-5-11-21-12-8-14(9-13-21)17-18(22)15-6-3-4-7-16(15)19(17)23/h3-4,6-9,12-13H,5,10-11H2,1-2H3. The first-order chi connectivity index (χ1) is 11.1. The molecule has 0 saturated heterocycles. The van der Waals surface area contributed by atoms with Crippen molar-refractivity contribution in [1.29, 1.82) is 0 Å². The smallest absolute Gasteiger partial charge is 0.198 e. The molecule has 0 atom stereocenters. The molecule has 0 radical (unpaired) electrons. The van der Waals surface area contributed by atoms with Crippen LogP contribution in [0.4, 0.5) is 0 Å². The Labute approximate surface area is 136 Å². The summed E-state index contributed by atoms with van der Waals surface area (Å²) in [6.07, 6.45) is 8.62. The fourth-order valence-corrected chi connectivity index (χ4v) is 2.86. The minimum absolute atomic E-state index is 0.170. The molecule has 3 rings (SSSR count). The van der Waals surface area contributed by atoms with Crippen molar-refractivity contribution < 1.29 is 9.59 Å². The third kappa shape index (κ3) is 3.03. The van der Waals surface area contributed by atoms with Gasteiger partial charge >= 0.3 is 0 Å². The first-order valence-electron chi connectivity index (χ1n) is 7.77. The summed E-state index contributed by atoms with van der Waals surface area (Å²) < 4.78 is 0. The van der Waals surface area contributed by atoms with Crippen LogP contribution >= 0.6 is 0 Å². The van der Waals surface area contributed by atoms with Crippen molar-refractivity contribution >= 4 is 11.6 Å². The molecular formula is C19H20N2O2. The van der Waals surface area contributed by atoms with Crippen LogP contribution in [0.15, 0.2) is 60.0 Å². The van der Waals surface area contributed by atoms with Crippen LogP contribution in [-0.2, 0) is 0 Å². The van der Waals surface area contributed by atoms with E-state index >= 15 is 0 Å². The van der Waals surface area contributed by atoms with Crippen LogP contribution in [0.3, 0.4) is 0 Å². The normalized spacial score (nSPS) is 16.7. The summed E-state index contributed by atoms with van der Waals surface area (Å²) in [6, 6.07) is 7.01. The van der Waals surface area contributed by atoms with E-state index in [0.29, 0.717) is 16.7 Å². The van der Waals surface area contributed by atoms with Gasteiger partial charge in [-0.15, -0.1) is 0 Å². The second kappa shape index (κ2) is 6.34. The van der Waals surface area contributed by atoms with E-state index in [2.05, 4.69) is 23.9 Å². The van der Waals surface area contributed by atoms with Crippen molar-refractivity contribution in [3.05, 3.63) is 71.1 Å². The van der Waals surface area contributed by atoms with E-state index in [9.17, 15) is 9.59 Å². The first kappa shape index (κ1) is 15.4. The zero-order valence-corrected chi connectivity index (χ0v) is 13.5. The lowest BCUT2D eigenvalue weighted by Crippen LogP contribution is -2.20. The Morgan fingerprint density at radius 2 is 1.52 bits per heavy atom. The number of fused-ring (bicyclic) bond motifs is 1. The summed E-state index contributed by atoms with van der Waals surface area (Å²) in [5.41, 5.74) is 2.00. The van der Waals surface area contributed by atoms with Crippen LogP contribution < -0.4 is 0 Å². The van der Waals surface area contributed by atoms with E-state index in [-0.39, 0.29) is 17.1 Å². The topological polar surface area (TPSA) is 40.6 Å². The van der Waals surface area contributed by atoms with Gasteiger partial charge in [0.2, 0.25) is 0 Å². The number of hydrogen-bond acceptors (Lipinski definition) is 4. The molecule has 118 valence electrons. The lowest BCUT2D eigenvalue weighted by atomic mass is 10.0. The van der Waals surface area contributed by atoms with Crippen LogP contribution in [0.2, 0.25) is 0 Å². The maximum Gasteiger partial charge on any atom is 0.198 e. The molecule has 0 bridgehead atoms. The molecule has 0 unspecified atom stereocenters. The van der Waals surface area contributed by atoms with Gasteiger partial charge in [0.1, 0.15) is 0 Å². The van der Waals surface area contributed by atoms with E-state index in [4.69, 9.17) is 0 Å². The Hall–Kier alpha value is -2.46. The molecule has 0 saturated carbocycles. The molecule has 1 aliphatic heterocycles. The minimum Gasteiger partial charge on any atom is -0.354 e. The summed E-state index contributed by atoms with van der Waals surface area (Å²) in [5, 5.41) is 0. The third-order valence-corrected chi connectivity index (χ3v) is 4.07. The maximum absolute atomic E-state index is 12.5. The van der Waals surface area contributed by atoms with Crippen LogP contribution in [0.25, 0.3) is 0 Å². The van der Waals surface area contributed by atoms with Gasteiger partial charge in [0.05, 0.1) is 5.57 Å². The lowest BCUT2D eigenvalue weighted by molar-refractivity contribution is 0.0988. The van der Waals surface area contributed by atoms with Crippen LogP contribution in [0.1, 0.15) is 27.1 Å². The molecule has 2 aliphatic rings. The SMILES string of the molecule is CN(C)CCCN1C=CC(=C2C(=O)c3ccccc3C2=O)C=C1. The maximum atomic E-state index is 12.5. The number of allylic oxidation sites excluding steroid dienone is 4. The molecule has 1 aromatic rings. The summed E-state index contributed by atoms with van der Waals surface area (Å²) >= 11 is 0. The highest BCUT2D eigenvalue weighted by atomic mass is 16.2. The fraction of sp³-hybridized carbons (Fsp3) is 0.263. The van der Waals surface area contributed by atoms with Gasteiger partial charge in [-0.2, -0.15) is 0 Å². The lowest BCUT2D eigenvalue weighted by Gasteiger charge is -2.20. The third-order valence-electron chi connectivity index (χ3n) is 4.07. The average Bonchev–Trinajstić information content (AvgIpc) is 2.80. The molecular weight excluding hydrogens is 288 g/mol. The van der Waals surface area contributed by atoms with Crippen LogP contribution in [0.5, 0.6) is 0 Å². The van der Waals surface area contributed by atoms with Crippen LogP contribution in [-0.4, -0.2) is 48.6 Å².